The fourth-order valence-electron chi connectivity index (χ4n) is 8.87. The van der Waals surface area contributed by atoms with Crippen LogP contribution in [-0.4, -0.2) is 10.4 Å². The number of nitrogens with zero attached hydrogens (tertiary/aromatic N) is 2. The number of rotatable bonds is 3. The Morgan fingerprint density at radius 1 is 0.519 bits per heavy atom. The highest BCUT2D eigenvalue weighted by molar-refractivity contribution is 7.27. The molecule has 0 bridgehead atoms. The van der Waals surface area contributed by atoms with Crippen molar-refractivity contribution in [3.8, 4) is 0 Å². The Labute approximate surface area is 316 Å². The van der Waals surface area contributed by atoms with Gasteiger partial charge >= 0.3 is 0 Å². The van der Waals surface area contributed by atoms with Gasteiger partial charge in [-0.25, -0.2) is 4.99 Å². The van der Waals surface area contributed by atoms with Gasteiger partial charge in [0, 0.05) is 37.2 Å². The number of fused-ring (bicyclic) bond motifs is 14. The summed E-state index contributed by atoms with van der Waals surface area (Å²) in [5.41, 5.74) is 6.74. The van der Waals surface area contributed by atoms with E-state index >= 15 is 0 Å². The third kappa shape index (κ3) is 4.43. The molecule has 0 amide bonds. The molecule has 0 aliphatic carbocycles. The van der Waals surface area contributed by atoms with Crippen LogP contribution in [0.25, 0.3) is 90.6 Å². The summed E-state index contributed by atoms with van der Waals surface area (Å²) >= 11 is 1.90. The van der Waals surface area contributed by atoms with Crippen molar-refractivity contribution < 1.29 is 0 Å². The number of hydrogen-bond donors (Lipinski definition) is 0. The maximum atomic E-state index is 5.89. The quantitative estimate of drug-likeness (QED) is 0.129. The topological polar surface area (TPSA) is 17.3 Å². The number of aryl methyl sites for hydroxylation is 1. The SMILES string of the molecule is C/C=C(\C(=N/c1c(C)ccc2ccccc12)n1c2ccccc2c2c3ccccc3c3c(sc4ccc5ccccc5c43)c21)c1cccc2ccccc12. The first-order chi connectivity index (χ1) is 26.7. The maximum Gasteiger partial charge on any atom is 0.145 e. The predicted octanol–water partition coefficient (Wildman–Crippen LogP) is 14.8. The molecule has 2 nitrogen and oxygen atoms in total. The molecule has 0 radical (unpaired) electrons. The Morgan fingerprint density at radius 3 is 1.85 bits per heavy atom. The fraction of sp³-hybridized carbons (Fsp3) is 0.0392. The molecule has 0 saturated heterocycles. The van der Waals surface area contributed by atoms with Gasteiger partial charge in [-0.3, -0.25) is 4.57 Å². The lowest BCUT2D eigenvalue weighted by atomic mass is 9.96. The Morgan fingerprint density at radius 2 is 1.09 bits per heavy atom. The van der Waals surface area contributed by atoms with E-state index in [0.29, 0.717) is 0 Å². The third-order valence-corrected chi connectivity index (χ3v) is 12.4. The van der Waals surface area contributed by atoms with Gasteiger partial charge in [0.1, 0.15) is 5.84 Å². The first kappa shape index (κ1) is 31.0. The zero-order valence-electron chi connectivity index (χ0n) is 30.0. The van der Waals surface area contributed by atoms with E-state index in [9.17, 15) is 0 Å². The minimum atomic E-state index is 0.915. The molecule has 11 aromatic rings. The second kappa shape index (κ2) is 12.0. The van der Waals surface area contributed by atoms with Crippen LogP contribution in [0.3, 0.4) is 0 Å². The van der Waals surface area contributed by atoms with E-state index in [4.69, 9.17) is 4.99 Å². The Bertz CT molecular complexity index is 3400. The summed E-state index contributed by atoms with van der Waals surface area (Å²) < 4.78 is 5.07. The summed E-state index contributed by atoms with van der Waals surface area (Å²) in [6.07, 6.45) is 2.26. The average Bonchev–Trinajstić information content (AvgIpc) is 3.79. The predicted molar refractivity (Wildman–Crippen MR) is 236 cm³/mol. The molecule has 2 heterocycles. The molecule has 0 fully saturated rings. The monoisotopic (exact) mass is 706 g/mol. The smallest absolute Gasteiger partial charge is 0.145 e. The normalized spacial score (nSPS) is 12.9. The third-order valence-electron chi connectivity index (χ3n) is 11.3. The highest BCUT2D eigenvalue weighted by atomic mass is 32.1. The van der Waals surface area contributed by atoms with Crippen molar-refractivity contribution in [3.63, 3.8) is 0 Å². The van der Waals surface area contributed by atoms with E-state index in [1.165, 1.54) is 74.2 Å². The maximum absolute atomic E-state index is 5.89. The summed E-state index contributed by atoms with van der Waals surface area (Å²) in [5.74, 6) is 0.915. The highest BCUT2D eigenvalue weighted by Crippen LogP contribution is 2.49. The van der Waals surface area contributed by atoms with Crippen molar-refractivity contribution in [3.05, 3.63) is 181 Å². The number of aliphatic imine (C=N–C) groups is 1. The zero-order valence-corrected chi connectivity index (χ0v) is 30.8. The van der Waals surface area contributed by atoms with Gasteiger partial charge in [-0.05, 0) is 74.8 Å². The average molecular weight is 707 g/mol. The molecule has 11 rings (SSSR count). The van der Waals surface area contributed by atoms with Crippen LogP contribution in [0.5, 0.6) is 0 Å². The van der Waals surface area contributed by atoms with E-state index in [0.717, 1.165) is 39.1 Å². The number of hydrogen-bond acceptors (Lipinski definition) is 2. The second-order valence-corrected chi connectivity index (χ2v) is 15.3. The van der Waals surface area contributed by atoms with Gasteiger partial charge in [-0.15, -0.1) is 11.3 Å². The summed E-state index contributed by atoms with van der Waals surface area (Å²) in [4.78, 5) is 5.89. The summed E-state index contributed by atoms with van der Waals surface area (Å²) in [6.45, 7) is 4.35. The van der Waals surface area contributed by atoms with Crippen molar-refractivity contribution in [1.29, 1.82) is 0 Å². The minimum absolute atomic E-state index is 0.915. The molecule has 0 atom stereocenters. The van der Waals surface area contributed by atoms with Crippen molar-refractivity contribution in [2.45, 2.75) is 13.8 Å². The zero-order chi connectivity index (χ0) is 35.9. The molecule has 9 aromatic carbocycles. The molecule has 2 aromatic heterocycles. The van der Waals surface area contributed by atoms with Crippen LogP contribution in [0.15, 0.2) is 175 Å². The molecular formula is C51H34N2S. The van der Waals surface area contributed by atoms with E-state index in [2.05, 4.69) is 188 Å². The van der Waals surface area contributed by atoms with Crippen LogP contribution in [0, 0.1) is 6.92 Å². The van der Waals surface area contributed by atoms with Crippen LogP contribution in [0.2, 0.25) is 0 Å². The van der Waals surface area contributed by atoms with Gasteiger partial charge in [0.05, 0.1) is 21.4 Å². The summed E-state index contributed by atoms with van der Waals surface area (Å²) in [5, 5.41) is 15.0. The molecule has 0 aliphatic heterocycles. The van der Waals surface area contributed by atoms with Gasteiger partial charge in [0.15, 0.2) is 0 Å². The second-order valence-electron chi connectivity index (χ2n) is 14.2. The van der Waals surface area contributed by atoms with Crippen LogP contribution in [0.4, 0.5) is 5.69 Å². The number of thiophene rings is 1. The standard InChI is InChI=1S/C51H34N2S/c1-3-35(39-25-14-18-32-15-4-7-19-36(32)39)51(52-48-31(2)27-28-34-17-6-9-21-38(34)48)53-43-26-13-12-24-42(43)45-40-22-10-11-23-41(40)47-46-37-20-8-5-16-33(37)29-30-44(46)54-50(47)49(45)53/h3-30H,1-2H3/b35-3-,52-51+. The Hall–Kier alpha value is -6.55. The van der Waals surface area contributed by atoms with Gasteiger partial charge < -0.3 is 0 Å². The highest BCUT2D eigenvalue weighted by Gasteiger charge is 2.26. The van der Waals surface area contributed by atoms with E-state index in [-0.39, 0.29) is 0 Å². The Balaban J connectivity index is 1.39. The lowest BCUT2D eigenvalue weighted by Crippen LogP contribution is -2.14. The van der Waals surface area contributed by atoms with Gasteiger partial charge in [0.25, 0.3) is 0 Å². The fourth-order valence-corrected chi connectivity index (χ4v) is 10.1. The van der Waals surface area contributed by atoms with Crippen LogP contribution in [-0.2, 0) is 0 Å². The summed E-state index contributed by atoms with van der Waals surface area (Å²) in [7, 11) is 0. The van der Waals surface area contributed by atoms with Crippen molar-refractivity contribution in [2.75, 3.05) is 0 Å². The molecule has 0 aliphatic rings. The lowest BCUT2D eigenvalue weighted by Gasteiger charge is -2.19. The van der Waals surface area contributed by atoms with Crippen molar-refractivity contribution in [2.24, 2.45) is 4.99 Å². The van der Waals surface area contributed by atoms with Crippen LogP contribution < -0.4 is 0 Å². The van der Waals surface area contributed by atoms with Gasteiger partial charge in [0.2, 0.25) is 0 Å². The minimum Gasteiger partial charge on any atom is -0.292 e. The van der Waals surface area contributed by atoms with Crippen molar-refractivity contribution >= 4 is 114 Å². The molecule has 0 saturated carbocycles. The molecule has 0 N–H and O–H groups in total. The van der Waals surface area contributed by atoms with Crippen LogP contribution in [0.1, 0.15) is 18.1 Å². The van der Waals surface area contributed by atoms with Gasteiger partial charge in [-0.2, -0.15) is 0 Å². The number of aromatic nitrogens is 1. The first-order valence-corrected chi connectivity index (χ1v) is 19.4. The number of benzene rings is 9. The number of para-hydroxylation sites is 1. The molecule has 54 heavy (non-hydrogen) atoms. The first-order valence-electron chi connectivity index (χ1n) is 18.6. The molecule has 0 unspecified atom stereocenters. The van der Waals surface area contributed by atoms with E-state index in [1.807, 2.05) is 11.3 Å². The van der Waals surface area contributed by atoms with E-state index < -0.39 is 0 Å². The lowest BCUT2D eigenvalue weighted by molar-refractivity contribution is 1.27. The van der Waals surface area contributed by atoms with Gasteiger partial charge in [-0.1, -0.05) is 158 Å². The molecule has 0 spiro atoms. The largest absolute Gasteiger partial charge is 0.292 e. The summed E-state index contributed by atoms with van der Waals surface area (Å²) in [6, 6.07) is 59.7. The number of allylic oxidation sites excluding steroid dienone is 2. The van der Waals surface area contributed by atoms with Crippen LogP contribution >= 0.6 is 11.3 Å². The molecular weight excluding hydrogens is 673 g/mol. The molecule has 3 heteroatoms. The van der Waals surface area contributed by atoms with Crippen molar-refractivity contribution in [1.82, 2.24) is 4.57 Å². The molecule has 254 valence electrons. The Kier molecular flexibility index (Phi) is 6.89. The van der Waals surface area contributed by atoms with E-state index in [1.54, 1.807) is 0 Å².